The molecule has 0 aliphatic rings. The molecule has 90 valence electrons. The summed E-state index contributed by atoms with van der Waals surface area (Å²) in [6, 6.07) is 2.06. The molecule has 0 amide bonds. The minimum Gasteiger partial charge on any atom is -0.462 e. The highest BCUT2D eigenvalue weighted by molar-refractivity contribution is 5.93. The standard InChI is InChI=1S/C10H8F2N2O3/c1-2-17-10(16)8-5(9(11)12)3-7(15)14-6(8)4-13/h3,9H,2H2,1H3,(H,14,15). The molecule has 0 radical (unpaired) electrons. The molecule has 0 saturated carbocycles. The van der Waals surface area contributed by atoms with E-state index in [1.54, 1.807) is 0 Å². The van der Waals surface area contributed by atoms with Gasteiger partial charge in [-0.25, -0.2) is 13.6 Å². The fourth-order valence-corrected chi connectivity index (χ4v) is 1.26. The molecule has 1 aromatic rings. The summed E-state index contributed by atoms with van der Waals surface area (Å²) in [5, 5.41) is 8.69. The third-order valence-electron chi connectivity index (χ3n) is 1.90. The summed E-state index contributed by atoms with van der Waals surface area (Å²) in [6.07, 6.45) is -3.04. The zero-order valence-electron chi connectivity index (χ0n) is 8.79. The van der Waals surface area contributed by atoms with Crippen LogP contribution in [-0.2, 0) is 4.74 Å². The minimum absolute atomic E-state index is 0.0223. The van der Waals surface area contributed by atoms with Gasteiger partial charge in [0, 0.05) is 11.6 Å². The Morgan fingerprint density at radius 2 is 2.29 bits per heavy atom. The minimum atomic E-state index is -3.04. The number of alkyl halides is 2. The fourth-order valence-electron chi connectivity index (χ4n) is 1.26. The molecule has 0 atom stereocenters. The van der Waals surface area contributed by atoms with Crippen LogP contribution >= 0.6 is 0 Å². The van der Waals surface area contributed by atoms with Crippen LogP contribution in [0.15, 0.2) is 10.9 Å². The number of carbonyl (C=O) groups is 1. The molecule has 1 N–H and O–H groups in total. The van der Waals surface area contributed by atoms with Crippen LogP contribution in [0, 0.1) is 11.3 Å². The molecular formula is C10H8F2N2O3. The van der Waals surface area contributed by atoms with Crippen LogP contribution in [0.4, 0.5) is 8.78 Å². The monoisotopic (exact) mass is 242 g/mol. The Morgan fingerprint density at radius 3 is 2.76 bits per heavy atom. The molecule has 7 heteroatoms. The Kier molecular flexibility index (Phi) is 3.93. The summed E-state index contributed by atoms with van der Waals surface area (Å²) in [7, 11) is 0. The number of carbonyl (C=O) groups excluding carboxylic acids is 1. The highest BCUT2D eigenvalue weighted by Crippen LogP contribution is 2.23. The van der Waals surface area contributed by atoms with Crippen LogP contribution in [0.5, 0.6) is 0 Å². The summed E-state index contributed by atoms with van der Waals surface area (Å²) in [4.78, 5) is 24.5. The molecule has 1 heterocycles. The molecule has 0 unspecified atom stereocenters. The molecular weight excluding hydrogens is 234 g/mol. The molecule has 0 aliphatic heterocycles. The summed E-state index contributed by atoms with van der Waals surface area (Å²) in [5.41, 5.74) is -2.79. The molecule has 1 rings (SSSR count). The number of ether oxygens (including phenoxy) is 1. The molecule has 0 saturated heterocycles. The first-order valence-electron chi connectivity index (χ1n) is 4.63. The van der Waals surface area contributed by atoms with E-state index in [1.165, 1.54) is 13.0 Å². The average Bonchev–Trinajstić information content (AvgIpc) is 2.27. The zero-order valence-corrected chi connectivity index (χ0v) is 8.79. The maximum absolute atomic E-state index is 12.7. The van der Waals surface area contributed by atoms with Gasteiger partial charge in [-0.3, -0.25) is 4.79 Å². The van der Waals surface area contributed by atoms with Crippen molar-refractivity contribution >= 4 is 5.97 Å². The van der Waals surface area contributed by atoms with Gasteiger partial charge in [-0.2, -0.15) is 5.26 Å². The van der Waals surface area contributed by atoms with Crippen LogP contribution < -0.4 is 5.56 Å². The largest absolute Gasteiger partial charge is 0.462 e. The third kappa shape index (κ3) is 2.66. The van der Waals surface area contributed by atoms with E-state index in [4.69, 9.17) is 5.26 Å². The number of nitrogens with zero attached hydrogens (tertiary/aromatic N) is 1. The van der Waals surface area contributed by atoms with Crippen molar-refractivity contribution in [2.75, 3.05) is 6.61 Å². The van der Waals surface area contributed by atoms with Crippen molar-refractivity contribution in [3.05, 3.63) is 33.2 Å². The lowest BCUT2D eigenvalue weighted by Gasteiger charge is -2.08. The van der Waals surface area contributed by atoms with E-state index >= 15 is 0 Å². The number of esters is 1. The molecule has 1 aromatic heterocycles. The van der Waals surface area contributed by atoms with Crippen LogP contribution in [0.25, 0.3) is 0 Å². The fraction of sp³-hybridized carbons (Fsp3) is 0.300. The van der Waals surface area contributed by atoms with Gasteiger partial charge in [0.2, 0.25) is 5.56 Å². The number of halogens is 2. The van der Waals surface area contributed by atoms with E-state index in [0.717, 1.165) is 0 Å². The normalized spacial score (nSPS) is 10.1. The number of aromatic nitrogens is 1. The van der Waals surface area contributed by atoms with Gasteiger partial charge in [0.1, 0.15) is 17.3 Å². The number of hydrogen-bond acceptors (Lipinski definition) is 4. The van der Waals surface area contributed by atoms with Gasteiger partial charge in [-0.1, -0.05) is 0 Å². The first kappa shape index (κ1) is 12.8. The van der Waals surface area contributed by atoms with Gasteiger partial charge in [-0.15, -0.1) is 0 Å². The summed E-state index contributed by atoms with van der Waals surface area (Å²) in [5.74, 6) is -1.06. The van der Waals surface area contributed by atoms with Crippen LogP contribution in [0.3, 0.4) is 0 Å². The van der Waals surface area contributed by atoms with Gasteiger partial charge in [0.25, 0.3) is 6.43 Å². The quantitative estimate of drug-likeness (QED) is 0.811. The second kappa shape index (κ2) is 5.21. The van der Waals surface area contributed by atoms with Gasteiger partial charge in [0.05, 0.1) is 6.61 Å². The maximum atomic E-state index is 12.7. The Labute approximate surface area is 94.6 Å². The van der Waals surface area contributed by atoms with Crippen molar-refractivity contribution in [3.8, 4) is 6.07 Å². The maximum Gasteiger partial charge on any atom is 0.341 e. The van der Waals surface area contributed by atoms with Crippen LogP contribution in [0.1, 0.15) is 35.0 Å². The van der Waals surface area contributed by atoms with E-state index in [9.17, 15) is 18.4 Å². The number of rotatable bonds is 3. The predicted octanol–water partition coefficient (Wildman–Crippen LogP) is 1.36. The van der Waals surface area contributed by atoms with Crippen molar-refractivity contribution in [2.24, 2.45) is 0 Å². The topological polar surface area (TPSA) is 83.0 Å². The van der Waals surface area contributed by atoms with Crippen molar-refractivity contribution < 1.29 is 18.3 Å². The molecule has 0 bridgehead atoms. The van der Waals surface area contributed by atoms with Crippen molar-refractivity contribution in [1.29, 1.82) is 5.26 Å². The lowest BCUT2D eigenvalue weighted by atomic mass is 10.1. The number of nitrogens with one attached hydrogen (secondary N) is 1. The van der Waals surface area contributed by atoms with E-state index < -0.39 is 34.8 Å². The zero-order chi connectivity index (χ0) is 13.0. The summed E-state index contributed by atoms with van der Waals surface area (Å²) >= 11 is 0. The lowest BCUT2D eigenvalue weighted by Crippen LogP contribution is -2.18. The Balaban J connectivity index is 3.49. The third-order valence-corrected chi connectivity index (χ3v) is 1.90. The van der Waals surface area contributed by atoms with Crippen molar-refractivity contribution in [1.82, 2.24) is 4.98 Å². The second-order valence-corrected chi connectivity index (χ2v) is 2.97. The molecule has 0 aromatic carbocycles. The van der Waals surface area contributed by atoms with Crippen LogP contribution in [0.2, 0.25) is 0 Å². The Morgan fingerprint density at radius 1 is 1.65 bits per heavy atom. The molecule has 17 heavy (non-hydrogen) atoms. The first-order valence-corrected chi connectivity index (χ1v) is 4.63. The number of aromatic amines is 1. The smallest absolute Gasteiger partial charge is 0.341 e. The van der Waals surface area contributed by atoms with Crippen molar-refractivity contribution in [3.63, 3.8) is 0 Å². The lowest BCUT2D eigenvalue weighted by molar-refractivity contribution is 0.0514. The van der Waals surface area contributed by atoms with Gasteiger partial charge < -0.3 is 9.72 Å². The van der Waals surface area contributed by atoms with Gasteiger partial charge in [0.15, 0.2) is 0 Å². The summed E-state index contributed by atoms with van der Waals surface area (Å²) < 4.78 is 29.9. The number of hydrogen-bond donors (Lipinski definition) is 1. The van der Waals surface area contributed by atoms with E-state index in [-0.39, 0.29) is 6.61 Å². The SMILES string of the molecule is CCOC(=O)c1c(C(F)F)cc(=O)[nH]c1C#N. The average molecular weight is 242 g/mol. The van der Waals surface area contributed by atoms with E-state index in [0.29, 0.717) is 6.07 Å². The highest BCUT2D eigenvalue weighted by Gasteiger charge is 2.24. The predicted molar refractivity (Wildman–Crippen MR) is 52.7 cm³/mol. The van der Waals surface area contributed by atoms with E-state index in [1.807, 2.05) is 4.98 Å². The molecule has 0 aliphatic carbocycles. The highest BCUT2D eigenvalue weighted by atomic mass is 19.3. The summed E-state index contributed by atoms with van der Waals surface area (Å²) in [6.45, 7) is 1.48. The Bertz CT molecular complexity index is 531. The van der Waals surface area contributed by atoms with E-state index in [2.05, 4.69) is 4.74 Å². The molecule has 0 fully saturated rings. The molecule has 0 spiro atoms. The first-order chi connectivity index (χ1) is 8.01. The van der Waals surface area contributed by atoms with Gasteiger partial charge in [-0.05, 0) is 6.92 Å². The van der Waals surface area contributed by atoms with Gasteiger partial charge >= 0.3 is 5.97 Å². The van der Waals surface area contributed by atoms with Crippen molar-refractivity contribution in [2.45, 2.75) is 13.3 Å². The number of pyridine rings is 1. The number of H-pyrrole nitrogens is 1. The second-order valence-electron chi connectivity index (χ2n) is 2.97. The Hall–Kier alpha value is -2.23. The molecule has 5 nitrogen and oxygen atoms in total. The number of nitriles is 1. The van der Waals surface area contributed by atoms with Crippen LogP contribution in [-0.4, -0.2) is 17.6 Å².